The summed E-state index contributed by atoms with van der Waals surface area (Å²) in [5.74, 6) is -6.56. The first-order valence-electron chi connectivity index (χ1n) is 5.48. The van der Waals surface area contributed by atoms with Gasteiger partial charge < -0.3 is 15.2 Å². The van der Waals surface area contributed by atoms with Crippen LogP contribution in [0, 0.1) is 5.82 Å². The lowest BCUT2D eigenvalue weighted by molar-refractivity contribution is -0.174. The van der Waals surface area contributed by atoms with Crippen LogP contribution in [0.25, 0.3) is 0 Å². The number of methoxy groups -OCH3 is 1. The lowest BCUT2D eigenvalue weighted by Gasteiger charge is -2.22. The maximum Gasteiger partial charge on any atom is 0.379 e. The van der Waals surface area contributed by atoms with Gasteiger partial charge in [0.15, 0.2) is 11.6 Å². The predicted molar refractivity (Wildman–Crippen MR) is 68.7 cm³/mol. The highest BCUT2D eigenvalue weighted by molar-refractivity contribution is 5.85. The quantitative estimate of drug-likeness (QED) is 0.848. The number of rotatable bonds is 5. The third kappa shape index (κ3) is 3.77. The fourth-order valence-corrected chi connectivity index (χ4v) is 1.43. The van der Waals surface area contributed by atoms with Gasteiger partial charge in [-0.3, -0.25) is 0 Å². The molecule has 8 heteroatoms. The predicted octanol–water partition coefficient (Wildman–Crippen LogP) is 2.45. The normalized spacial score (nSPS) is 12.3. The second-order valence-corrected chi connectivity index (χ2v) is 3.72. The SMILES string of the molecule is CCOC(=O)C(F)(F)[C@@H](N)c1ccc(F)c(OC)c1.Cl. The Morgan fingerprint density at radius 1 is 1.45 bits per heavy atom. The minimum atomic E-state index is -3.90. The zero-order chi connectivity index (χ0) is 14.6. The van der Waals surface area contributed by atoms with E-state index in [4.69, 9.17) is 5.73 Å². The van der Waals surface area contributed by atoms with Crippen molar-refractivity contribution in [2.45, 2.75) is 18.9 Å². The molecule has 0 aliphatic carbocycles. The van der Waals surface area contributed by atoms with Crippen molar-refractivity contribution in [3.8, 4) is 5.75 Å². The number of alkyl halides is 2. The van der Waals surface area contributed by atoms with Crippen LogP contribution in [0.4, 0.5) is 13.2 Å². The molecule has 0 aliphatic rings. The summed E-state index contributed by atoms with van der Waals surface area (Å²) in [4.78, 5) is 11.1. The maximum atomic E-state index is 13.7. The summed E-state index contributed by atoms with van der Waals surface area (Å²) in [6.45, 7) is 1.22. The van der Waals surface area contributed by atoms with Gasteiger partial charge in [-0.2, -0.15) is 8.78 Å². The van der Waals surface area contributed by atoms with Crippen molar-refractivity contribution in [1.82, 2.24) is 0 Å². The van der Waals surface area contributed by atoms with Crippen molar-refractivity contribution in [1.29, 1.82) is 0 Å². The van der Waals surface area contributed by atoms with E-state index in [-0.39, 0.29) is 30.3 Å². The second-order valence-electron chi connectivity index (χ2n) is 3.72. The smallest absolute Gasteiger partial charge is 0.379 e. The highest BCUT2D eigenvalue weighted by Crippen LogP contribution is 2.32. The van der Waals surface area contributed by atoms with E-state index in [9.17, 15) is 18.0 Å². The fourth-order valence-electron chi connectivity index (χ4n) is 1.43. The summed E-state index contributed by atoms with van der Waals surface area (Å²) >= 11 is 0. The number of hydrogen-bond donors (Lipinski definition) is 1. The van der Waals surface area contributed by atoms with Gasteiger partial charge >= 0.3 is 11.9 Å². The molecule has 0 aliphatic heterocycles. The van der Waals surface area contributed by atoms with Gasteiger partial charge in [-0.05, 0) is 24.6 Å². The Labute approximate surface area is 120 Å². The van der Waals surface area contributed by atoms with E-state index >= 15 is 0 Å². The van der Waals surface area contributed by atoms with Crippen LogP contribution in [0.3, 0.4) is 0 Å². The van der Waals surface area contributed by atoms with Crippen LogP contribution in [-0.2, 0) is 9.53 Å². The molecule has 0 heterocycles. The van der Waals surface area contributed by atoms with Crippen molar-refractivity contribution in [2.75, 3.05) is 13.7 Å². The first-order valence-corrected chi connectivity index (χ1v) is 5.48. The van der Waals surface area contributed by atoms with Gasteiger partial charge in [-0.15, -0.1) is 12.4 Å². The zero-order valence-corrected chi connectivity index (χ0v) is 11.7. The minimum Gasteiger partial charge on any atom is -0.494 e. The molecule has 0 radical (unpaired) electrons. The highest BCUT2D eigenvalue weighted by atomic mass is 35.5. The van der Waals surface area contributed by atoms with E-state index in [1.54, 1.807) is 0 Å². The van der Waals surface area contributed by atoms with E-state index in [0.29, 0.717) is 0 Å². The first kappa shape index (κ1) is 18.5. The molecule has 1 rings (SSSR count). The number of carbonyl (C=O) groups excluding carboxylic acids is 1. The van der Waals surface area contributed by atoms with Gasteiger partial charge in [0.25, 0.3) is 0 Å². The minimum absolute atomic E-state index is 0. The molecular formula is C12H15ClF3NO3. The van der Waals surface area contributed by atoms with Gasteiger partial charge in [-0.1, -0.05) is 6.07 Å². The number of halogens is 4. The Morgan fingerprint density at radius 3 is 2.55 bits per heavy atom. The van der Waals surface area contributed by atoms with Crippen LogP contribution >= 0.6 is 12.4 Å². The van der Waals surface area contributed by atoms with Crippen LogP contribution in [-0.4, -0.2) is 25.6 Å². The summed E-state index contributed by atoms with van der Waals surface area (Å²) in [7, 11) is 1.19. The topological polar surface area (TPSA) is 61.5 Å². The third-order valence-corrected chi connectivity index (χ3v) is 2.47. The van der Waals surface area contributed by atoms with Crippen molar-refractivity contribution < 1.29 is 27.4 Å². The molecule has 4 nitrogen and oxygen atoms in total. The Morgan fingerprint density at radius 2 is 2.05 bits per heavy atom. The third-order valence-electron chi connectivity index (χ3n) is 2.47. The van der Waals surface area contributed by atoms with Crippen molar-refractivity contribution in [3.05, 3.63) is 29.6 Å². The average Bonchev–Trinajstić information content (AvgIpc) is 2.38. The lowest BCUT2D eigenvalue weighted by Crippen LogP contribution is -2.41. The Kier molecular flexibility index (Phi) is 6.81. The van der Waals surface area contributed by atoms with Gasteiger partial charge in [0.05, 0.1) is 13.7 Å². The molecule has 0 saturated heterocycles. The van der Waals surface area contributed by atoms with E-state index in [1.165, 1.54) is 14.0 Å². The summed E-state index contributed by atoms with van der Waals surface area (Å²) in [5, 5.41) is 0. The molecular weight excluding hydrogens is 299 g/mol. The van der Waals surface area contributed by atoms with Gasteiger partial charge in [0, 0.05) is 0 Å². The molecule has 1 aromatic carbocycles. The number of benzene rings is 1. The van der Waals surface area contributed by atoms with Gasteiger partial charge in [0.1, 0.15) is 6.04 Å². The number of nitrogens with two attached hydrogens (primary N) is 1. The van der Waals surface area contributed by atoms with Crippen molar-refractivity contribution in [3.63, 3.8) is 0 Å². The van der Waals surface area contributed by atoms with Crippen LogP contribution < -0.4 is 10.5 Å². The number of carbonyl (C=O) groups is 1. The molecule has 0 saturated carbocycles. The second kappa shape index (κ2) is 7.35. The molecule has 0 aromatic heterocycles. The Hall–Kier alpha value is -1.47. The molecule has 0 spiro atoms. The zero-order valence-electron chi connectivity index (χ0n) is 10.9. The summed E-state index contributed by atoms with van der Waals surface area (Å²) in [6.07, 6.45) is 0. The van der Waals surface area contributed by atoms with Crippen LogP contribution in [0.2, 0.25) is 0 Å². The monoisotopic (exact) mass is 313 g/mol. The largest absolute Gasteiger partial charge is 0.494 e. The summed E-state index contributed by atoms with van der Waals surface area (Å²) in [5.41, 5.74) is 5.22. The fraction of sp³-hybridized carbons (Fsp3) is 0.417. The number of ether oxygens (including phenoxy) is 2. The maximum absolute atomic E-state index is 13.7. The standard InChI is InChI=1S/C12H14F3NO3.ClH/c1-3-19-11(17)12(14,15)10(16)7-4-5-8(13)9(6-7)18-2;/h4-6,10H,3,16H2,1-2H3;1H/t10-;/m0./s1. The molecule has 2 N–H and O–H groups in total. The molecule has 114 valence electrons. The summed E-state index contributed by atoms with van der Waals surface area (Å²) in [6, 6.07) is 1.08. The van der Waals surface area contributed by atoms with Gasteiger partial charge in [-0.25, -0.2) is 9.18 Å². The highest BCUT2D eigenvalue weighted by Gasteiger charge is 2.47. The van der Waals surface area contributed by atoms with E-state index < -0.39 is 23.8 Å². The van der Waals surface area contributed by atoms with Crippen LogP contribution in [0.1, 0.15) is 18.5 Å². The van der Waals surface area contributed by atoms with Crippen LogP contribution in [0.15, 0.2) is 18.2 Å². The van der Waals surface area contributed by atoms with E-state index in [1.807, 2.05) is 0 Å². The molecule has 0 amide bonds. The van der Waals surface area contributed by atoms with Crippen molar-refractivity contribution in [2.24, 2.45) is 5.73 Å². The lowest BCUT2D eigenvalue weighted by atomic mass is 10.0. The molecule has 1 aromatic rings. The molecule has 1 atom stereocenters. The molecule has 0 unspecified atom stereocenters. The number of esters is 1. The van der Waals surface area contributed by atoms with Gasteiger partial charge in [0.2, 0.25) is 0 Å². The van der Waals surface area contributed by atoms with E-state index in [0.717, 1.165) is 18.2 Å². The molecule has 0 fully saturated rings. The number of hydrogen-bond acceptors (Lipinski definition) is 4. The average molecular weight is 314 g/mol. The Bertz CT molecular complexity index is 471. The molecule has 20 heavy (non-hydrogen) atoms. The van der Waals surface area contributed by atoms with Crippen LogP contribution in [0.5, 0.6) is 5.75 Å². The first-order chi connectivity index (χ1) is 8.84. The van der Waals surface area contributed by atoms with Crippen molar-refractivity contribution >= 4 is 18.4 Å². The van der Waals surface area contributed by atoms with E-state index in [2.05, 4.69) is 9.47 Å². The summed E-state index contributed by atoms with van der Waals surface area (Å²) < 4.78 is 49.5. The Balaban J connectivity index is 0.00000361. The molecule has 0 bridgehead atoms.